The van der Waals surface area contributed by atoms with Crippen molar-refractivity contribution in [1.29, 1.82) is 0 Å². The Balaban J connectivity index is 2.73. The molecule has 1 rings (SSSR count). The van der Waals surface area contributed by atoms with Gasteiger partial charge in [0.2, 0.25) is 0 Å². The Morgan fingerprint density at radius 2 is 2.36 bits per heavy atom. The summed E-state index contributed by atoms with van der Waals surface area (Å²) in [6.45, 7) is 0. The smallest absolute Gasteiger partial charge is 0.129 e. The van der Waals surface area contributed by atoms with Crippen molar-refractivity contribution in [2.75, 3.05) is 5.33 Å². The van der Waals surface area contributed by atoms with Gasteiger partial charge in [-0.25, -0.2) is 4.98 Å². The van der Waals surface area contributed by atoms with E-state index < -0.39 is 0 Å². The average Bonchev–Trinajstić information content (AvgIpc) is 2.04. The Bertz CT molecular complexity index is 243. The molecule has 0 N–H and O–H groups in total. The molecule has 1 nitrogen and oxygen atoms in total. The van der Waals surface area contributed by atoms with Gasteiger partial charge in [-0.15, -0.1) is 0 Å². The molecule has 0 spiro atoms. The van der Waals surface area contributed by atoms with E-state index in [-0.39, 0.29) is 0 Å². The molecule has 1 aromatic rings. The normalized spacial score (nSPS) is 10.7. The molecule has 1 aromatic heterocycles. The maximum atomic E-state index is 5.60. The van der Waals surface area contributed by atoms with Crippen molar-refractivity contribution in [3.8, 4) is 0 Å². The van der Waals surface area contributed by atoms with E-state index in [1.807, 2.05) is 18.2 Å². The second kappa shape index (κ2) is 4.52. The van der Waals surface area contributed by atoms with Crippen LogP contribution in [0.4, 0.5) is 0 Å². The first kappa shape index (κ1) is 8.75. The number of hydrogen-bond acceptors (Lipinski definition) is 1. The van der Waals surface area contributed by atoms with Gasteiger partial charge in [-0.3, -0.25) is 0 Å². The van der Waals surface area contributed by atoms with Gasteiger partial charge in [-0.1, -0.05) is 45.7 Å². The summed E-state index contributed by atoms with van der Waals surface area (Å²) in [4.78, 5) is 3.93. The minimum atomic E-state index is 0.529. The Morgan fingerprint density at radius 3 is 2.91 bits per heavy atom. The number of aromatic nitrogens is 1. The minimum absolute atomic E-state index is 0.529. The molecule has 0 atom stereocenters. The van der Waals surface area contributed by atoms with Crippen molar-refractivity contribution >= 4 is 33.6 Å². The van der Waals surface area contributed by atoms with Crippen LogP contribution in [0.2, 0.25) is 5.15 Å². The van der Waals surface area contributed by atoms with Gasteiger partial charge in [0.15, 0.2) is 0 Å². The molecule has 0 aliphatic carbocycles. The SMILES string of the molecule is Clc1ccc(/C=C/CBr)cn1. The van der Waals surface area contributed by atoms with Crippen molar-refractivity contribution in [3.05, 3.63) is 35.1 Å². The Hall–Kier alpha value is -0.340. The van der Waals surface area contributed by atoms with E-state index in [0.29, 0.717) is 5.15 Å². The summed E-state index contributed by atoms with van der Waals surface area (Å²) in [7, 11) is 0. The van der Waals surface area contributed by atoms with Crippen LogP contribution in [0.15, 0.2) is 24.4 Å². The summed E-state index contributed by atoms with van der Waals surface area (Å²) >= 11 is 8.89. The van der Waals surface area contributed by atoms with Crippen LogP contribution >= 0.6 is 27.5 Å². The fraction of sp³-hybridized carbons (Fsp3) is 0.125. The highest BCUT2D eigenvalue weighted by Gasteiger charge is 1.87. The van der Waals surface area contributed by atoms with Crippen LogP contribution in [0, 0.1) is 0 Å². The van der Waals surface area contributed by atoms with Crippen molar-refractivity contribution in [3.63, 3.8) is 0 Å². The zero-order valence-corrected chi connectivity index (χ0v) is 8.14. The molecule has 0 saturated carbocycles. The molecule has 11 heavy (non-hydrogen) atoms. The zero-order valence-electron chi connectivity index (χ0n) is 5.80. The van der Waals surface area contributed by atoms with Crippen molar-refractivity contribution in [1.82, 2.24) is 4.98 Å². The number of nitrogens with zero attached hydrogens (tertiary/aromatic N) is 1. The number of halogens is 2. The predicted molar refractivity (Wildman–Crippen MR) is 52.1 cm³/mol. The standard InChI is InChI=1S/C8H7BrClN/c9-5-1-2-7-3-4-8(10)11-6-7/h1-4,6H,5H2/b2-1+. The molecule has 3 heteroatoms. The molecule has 0 aliphatic rings. The van der Waals surface area contributed by atoms with Crippen LogP contribution in [-0.2, 0) is 0 Å². The summed E-state index contributed by atoms with van der Waals surface area (Å²) < 4.78 is 0. The molecule has 0 aromatic carbocycles. The molecule has 58 valence electrons. The van der Waals surface area contributed by atoms with Crippen LogP contribution in [0.25, 0.3) is 6.08 Å². The molecule has 0 saturated heterocycles. The zero-order chi connectivity index (χ0) is 8.10. The topological polar surface area (TPSA) is 12.9 Å². The van der Waals surface area contributed by atoms with Crippen molar-refractivity contribution in [2.45, 2.75) is 0 Å². The highest BCUT2D eigenvalue weighted by atomic mass is 79.9. The Labute approximate surface area is 79.2 Å². The van der Waals surface area contributed by atoms with Gasteiger partial charge in [0.1, 0.15) is 5.15 Å². The summed E-state index contributed by atoms with van der Waals surface area (Å²) in [6.07, 6.45) is 5.73. The second-order valence-electron chi connectivity index (χ2n) is 1.97. The third-order valence-corrected chi connectivity index (χ3v) is 1.75. The van der Waals surface area contributed by atoms with E-state index in [0.717, 1.165) is 10.9 Å². The molecule has 0 fully saturated rings. The Kier molecular flexibility index (Phi) is 3.60. The van der Waals surface area contributed by atoms with Gasteiger partial charge in [0, 0.05) is 11.5 Å². The van der Waals surface area contributed by atoms with Crippen LogP contribution in [-0.4, -0.2) is 10.3 Å². The van der Waals surface area contributed by atoms with Crippen LogP contribution in [0.5, 0.6) is 0 Å². The molecule has 0 bridgehead atoms. The maximum absolute atomic E-state index is 5.60. The number of rotatable bonds is 2. The number of pyridine rings is 1. The fourth-order valence-electron chi connectivity index (χ4n) is 0.666. The van der Waals surface area contributed by atoms with Crippen LogP contribution < -0.4 is 0 Å². The Morgan fingerprint density at radius 1 is 1.55 bits per heavy atom. The van der Waals surface area contributed by atoms with Gasteiger partial charge in [-0.05, 0) is 11.6 Å². The highest BCUT2D eigenvalue weighted by molar-refractivity contribution is 9.09. The van der Waals surface area contributed by atoms with Gasteiger partial charge < -0.3 is 0 Å². The van der Waals surface area contributed by atoms with E-state index >= 15 is 0 Å². The highest BCUT2D eigenvalue weighted by Crippen LogP contribution is 2.06. The summed E-state index contributed by atoms with van der Waals surface area (Å²) in [5.74, 6) is 0. The lowest BCUT2D eigenvalue weighted by molar-refractivity contribution is 1.32. The molecular weight excluding hydrogens is 225 g/mol. The number of allylic oxidation sites excluding steroid dienone is 1. The third kappa shape index (κ3) is 3.04. The van der Waals surface area contributed by atoms with E-state index in [1.165, 1.54) is 0 Å². The molecule has 0 aliphatic heterocycles. The lowest BCUT2D eigenvalue weighted by Gasteiger charge is -1.90. The first-order valence-electron chi connectivity index (χ1n) is 3.17. The summed E-state index contributed by atoms with van der Waals surface area (Å²) in [6, 6.07) is 3.70. The first-order valence-corrected chi connectivity index (χ1v) is 4.67. The van der Waals surface area contributed by atoms with Crippen LogP contribution in [0.3, 0.4) is 0 Å². The molecule has 0 radical (unpaired) electrons. The molecule has 0 amide bonds. The van der Waals surface area contributed by atoms with Gasteiger partial charge >= 0.3 is 0 Å². The molecular formula is C8H7BrClN. The largest absolute Gasteiger partial charge is 0.244 e. The van der Waals surface area contributed by atoms with Crippen molar-refractivity contribution < 1.29 is 0 Å². The maximum Gasteiger partial charge on any atom is 0.129 e. The average molecular weight is 233 g/mol. The lowest BCUT2D eigenvalue weighted by atomic mass is 10.3. The van der Waals surface area contributed by atoms with Crippen molar-refractivity contribution in [2.24, 2.45) is 0 Å². The fourth-order valence-corrected chi connectivity index (χ4v) is 0.965. The van der Waals surface area contributed by atoms with Gasteiger partial charge in [0.05, 0.1) is 0 Å². The summed E-state index contributed by atoms with van der Waals surface area (Å²) in [5, 5.41) is 1.39. The lowest BCUT2D eigenvalue weighted by Crippen LogP contribution is -1.75. The van der Waals surface area contributed by atoms with Crippen LogP contribution in [0.1, 0.15) is 5.56 Å². The van der Waals surface area contributed by atoms with E-state index in [2.05, 4.69) is 20.9 Å². The predicted octanol–water partition coefficient (Wildman–Crippen LogP) is 3.14. The van der Waals surface area contributed by atoms with E-state index in [4.69, 9.17) is 11.6 Å². The number of hydrogen-bond donors (Lipinski definition) is 0. The number of alkyl halides is 1. The molecule has 1 heterocycles. The minimum Gasteiger partial charge on any atom is -0.244 e. The van der Waals surface area contributed by atoms with E-state index in [1.54, 1.807) is 12.3 Å². The summed E-state index contributed by atoms with van der Waals surface area (Å²) in [5.41, 5.74) is 1.06. The first-order chi connectivity index (χ1) is 5.33. The van der Waals surface area contributed by atoms with Gasteiger partial charge in [0.25, 0.3) is 0 Å². The van der Waals surface area contributed by atoms with Gasteiger partial charge in [-0.2, -0.15) is 0 Å². The molecule has 0 unspecified atom stereocenters. The second-order valence-corrected chi connectivity index (χ2v) is 3.01. The monoisotopic (exact) mass is 231 g/mol. The third-order valence-electron chi connectivity index (χ3n) is 1.15. The quantitative estimate of drug-likeness (QED) is 0.564. The van der Waals surface area contributed by atoms with E-state index in [9.17, 15) is 0 Å².